The maximum Gasteiger partial charge on any atom is 0.316 e. The number of urea groups is 1. The molecule has 1 rings (SSSR count). The van der Waals surface area contributed by atoms with E-state index < -0.39 is 54.6 Å². The smallest absolute Gasteiger partial charge is 0.316 e. The van der Waals surface area contributed by atoms with Crippen LogP contribution in [0.1, 0.15) is 20.8 Å². The van der Waals surface area contributed by atoms with Gasteiger partial charge in [0.15, 0.2) is 24.5 Å². The number of alkyl halides is 1. The summed E-state index contributed by atoms with van der Waals surface area (Å²) in [5.74, 6) is -1.95. The Hall–Kier alpha value is -1.63. The van der Waals surface area contributed by atoms with Gasteiger partial charge >= 0.3 is 23.9 Å². The Balaban J connectivity index is 3.23. The molecule has 1 saturated heterocycles. The Bertz CT molecular complexity index is 529. The average Bonchev–Trinajstić information content (AvgIpc) is 2.51. The Kier molecular flexibility index (Phi) is 8.35. The van der Waals surface area contributed by atoms with Gasteiger partial charge in [0, 0.05) is 32.2 Å². The van der Waals surface area contributed by atoms with Crippen LogP contribution in [-0.2, 0) is 33.3 Å². The highest BCUT2D eigenvalue weighted by atomic mass is 127. The van der Waals surface area contributed by atoms with Crippen LogP contribution in [0.4, 0.5) is 4.79 Å². The predicted octanol–water partition coefficient (Wildman–Crippen LogP) is -0.130. The number of hydrogen-bond donors (Lipinski definition) is 2. The van der Waals surface area contributed by atoms with Gasteiger partial charge in [0.2, 0.25) is 0 Å². The second kappa shape index (κ2) is 9.75. The summed E-state index contributed by atoms with van der Waals surface area (Å²) in [5, 5.41) is 4.83. The number of rotatable bonds is 5. The van der Waals surface area contributed by atoms with E-state index >= 15 is 0 Å². The standard InChI is InChI=1S/C14H21IN2O8/c1-6(18)22-10-9(5-15)25-13(17-14(21)16-4)12(24-8(3)20)11(10)23-7(2)19/h9-13H,5H2,1-4H3,(H2,16,17,21)/t9-,10-,11+,12-,13-/m1/s1. The highest BCUT2D eigenvalue weighted by Gasteiger charge is 2.51. The molecule has 142 valence electrons. The molecule has 0 aliphatic carbocycles. The summed E-state index contributed by atoms with van der Waals surface area (Å²) in [6.07, 6.45) is -5.11. The van der Waals surface area contributed by atoms with Crippen molar-refractivity contribution >= 4 is 46.5 Å². The van der Waals surface area contributed by atoms with Crippen molar-refractivity contribution in [1.82, 2.24) is 10.6 Å². The fourth-order valence-corrected chi connectivity index (χ4v) is 3.05. The normalized spacial score (nSPS) is 28.4. The third-order valence-electron chi connectivity index (χ3n) is 3.19. The van der Waals surface area contributed by atoms with E-state index in [1.807, 2.05) is 22.6 Å². The Morgan fingerprint density at radius 1 is 0.920 bits per heavy atom. The van der Waals surface area contributed by atoms with Crippen LogP contribution in [0, 0.1) is 0 Å². The summed E-state index contributed by atoms with van der Waals surface area (Å²) in [5.41, 5.74) is 0. The van der Waals surface area contributed by atoms with Gasteiger partial charge in [-0.2, -0.15) is 0 Å². The Morgan fingerprint density at radius 2 is 1.40 bits per heavy atom. The van der Waals surface area contributed by atoms with E-state index in [1.54, 1.807) is 0 Å². The topological polar surface area (TPSA) is 129 Å². The van der Waals surface area contributed by atoms with Gasteiger partial charge in [-0.05, 0) is 0 Å². The van der Waals surface area contributed by atoms with Crippen molar-refractivity contribution in [3.05, 3.63) is 0 Å². The van der Waals surface area contributed by atoms with Gasteiger partial charge < -0.3 is 29.6 Å². The summed E-state index contributed by atoms with van der Waals surface area (Å²) in [6.45, 7) is 3.53. The Morgan fingerprint density at radius 3 is 1.84 bits per heavy atom. The Labute approximate surface area is 158 Å². The SMILES string of the molecule is CNC(=O)N[C@@H]1O[C@H](CI)[C@@H](OC(C)=O)[C@H](OC(C)=O)[C@H]1OC(C)=O. The molecular formula is C14H21IN2O8. The first kappa shape index (κ1) is 21.4. The molecule has 5 atom stereocenters. The van der Waals surface area contributed by atoms with Crippen LogP contribution < -0.4 is 10.6 Å². The molecule has 0 spiro atoms. The molecule has 0 unspecified atom stereocenters. The molecule has 0 bridgehead atoms. The third kappa shape index (κ3) is 6.30. The minimum atomic E-state index is -1.19. The summed E-state index contributed by atoms with van der Waals surface area (Å²) in [6, 6.07) is -0.582. The van der Waals surface area contributed by atoms with E-state index in [0.29, 0.717) is 4.43 Å². The number of amides is 2. The van der Waals surface area contributed by atoms with E-state index in [4.69, 9.17) is 18.9 Å². The summed E-state index contributed by atoms with van der Waals surface area (Å²) < 4.78 is 21.8. The van der Waals surface area contributed by atoms with E-state index in [9.17, 15) is 19.2 Å². The first-order chi connectivity index (χ1) is 11.7. The van der Waals surface area contributed by atoms with Crippen LogP contribution in [0.25, 0.3) is 0 Å². The number of halogens is 1. The summed E-state index contributed by atoms with van der Waals surface area (Å²) in [4.78, 5) is 46.1. The van der Waals surface area contributed by atoms with Gasteiger partial charge in [0.1, 0.15) is 6.10 Å². The summed E-state index contributed by atoms with van der Waals surface area (Å²) in [7, 11) is 1.40. The summed E-state index contributed by atoms with van der Waals surface area (Å²) >= 11 is 2.01. The van der Waals surface area contributed by atoms with Gasteiger partial charge in [-0.3, -0.25) is 14.4 Å². The van der Waals surface area contributed by atoms with Gasteiger partial charge in [-0.25, -0.2) is 4.79 Å². The van der Waals surface area contributed by atoms with Crippen LogP contribution in [0.15, 0.2) is 0 Å². The number of nitrogens with one attached hydrogen (secondary N) is 2. The maximum absolute atomic E-state index is 11.7. The van der Waals surface area contributed by atoms with Crippen LogP contribution in [0.3, 0.4) is 0 Å². The molecule has 0 radical (unpaired) electrons. The molecule has 0 aromatic heterocycles. The maximum atomic E-state index is 11.7. The monoisotopic (exact) mass is 472 g/mol. The minimum absolute atomic E-state index is 0.367. The van der Waals surface area contributed by atoms with Crippen LogP contribution in [0.5, 0.6) is 0 Å². The first-order valence-corrected chi connectivity index (χ1v) is 8.93. The van der Waals surface area contributed by atoms with Crippen molar-refractivity contribution in [2.24, 2.45) is 0 Å². The van der Waals surface area contributed by atoms with Gasteiger partial charge in [0.05, 0.1) is 0 Å². The zero-order valence-electron chi connectivity index (χ0n) is 14.2. The molecule has 2 N–H and O–H groups in total. The lowest BCUT2D eigenvalue weighted by molar-refractivity contribution is -0.245. The lowest BCUT2D eigenvalue weighted by Gasteiger charge is -2.44. The van der Waals surface area contributed by atoms with Crippen molar-refractivity contribution in [3.8, 4) is 0 Å². The molecule has 1 fully saturated rings. The lowest BCUT2D eigenvalue weighted by atomic mass is 9.98. The first-order valence-electron chi connectivity index (χ1n) is 7.40. The molecule has 10 nitrogen and oxygen atoms in total. The highest BCUT2D eigenvalue weighted by Crippen LogP contribution is 2.28. The number of carbonyl (C=O) groups excluding carboxylic acids is 4. The lowest BCUT2D eigenvalue weighted by Crippen LogP contribution is -2.66. The quantitative estimate of drug-likeness (QED) is 0.245. The zero-order chi connectivity index (χ0) is 19.1. The molecule has 0 saturated carbocycles. The van der Waals surface area contributed by atoms with E-state index in [0.717, 1.165) is 6.92 Å². The molecule has 0 aromatic carbocycles. The highest BCUT2D eigenvalue weighted by molar-refractivity contribution is 14.1. The molecular weight excluding hydrogens is 451 g/mol. The van der Waals surface area contributed by atoms with Crippen LogP contribution in [-0.4, -0.2) is 66.1 Å². The van der Waals surface area contributed by atoms with Gasteiger partial charge in [-0.1, -0.05) is 22.6 Å². The second-order valence-corrected chi connectivity index (χ2v) is 6.08. The minimum Gasteiger partial charge on any atom is -0.456 e. The number of carbonyl (C=O) groups is 4. The number of ether oxygens (including phenoxy) is 4. The molecule has 2 amide bonds. The van der Waals surface area contributed by atoms with Crippen molar-refractivity contribution in [3.63, 3.8) is 0 Å². The fraction of sp³-hybridized carbons (Fsp3) is 0.714. The van der Waals surface area contributed by atoms with Crippen LogP contribution in [0.2, 0.25) is 0 Å². The molecule has 1 aliphatic heterocycles. The van der Waals surface area contributed by atoms with E-state index in [1.165, 1.54) is 20.9 Å². The molecule has 0 aromatic rings. The van der Waals surface area contributed by atoms with Gasteiger partial charge in [0.25, 0.3) is 0 Å². The fourth-order valence-electron chi connectivity index (χ4n) is 2.34. The van der Waals surface area contributed by atoms with Crippen molar-refractivity contribution < 1.29 is 38.1 Å². The van der Waals surface area contributed by atoms with Crippen LogP contribution >= 0.6 is 22.6 Å². The molecule has 25 heavy (non-hydrogen) atoms. The van der Waals surface area contributed by atoms with Crippen molar-refractivity contribution in [1.29, 1.82) is 0 Å². The molecule has 11 heteroatoms. The number of esters is 3. The molecule has 1 heterocycles. The number of hydrogen-bond acceptors (Lipinski definition) is 8. The average molecular weight is 472 g/mol. The van der Waals surface area contributed by atoms with Crippen molar-refractivity contribution in [2.45, 2.75) is 51.4 Å². The predicted molar refractivity (Wildman–Crippen MR) is 91.8 cm³/mol. The second-order valence-electron chi connectivity index (χ2n) is 5.20. The largest absolute Gasteiger partial charge is 0.456 e. The zero-order valence-corrected chi connectivity index (χ0v) is 16.4. The molecule has 1 aliphatic rings. The van der Waals surface area contributed by atoms with Crippen molar-refractivity contribution in [2.75, 3.05) is 11.5 Å². The van der Waals surface area contributed by atoms with E-state index in [-0.39, 0.29) is 0 Å². The van der Waals surface area contributed by atoms with Gasteiger partial charge in [-0.15, -0.1) is 0 Å². The third-order valence-corrected chi connectivity index (χ3v) is 4.06. The van der Waals surface area contributed by atoms with E-state index in [2.05, 4.69) is 10.6 Å².